The monoisotopic (exact) mass is 397 g/mol. The van der Waals surface area contributed by atoms with Crippen molar-refractivity contribution in [1.82, 2.24) is 4.98 Å². The molecule has 0 aliphatic heterocycles. The largest absolute Gasteiger partial charge is 0.461 e. The average Bonchev–Trinajstić information content (AvgIpc) is 2.76. The van der Waals surface area contributed by atoms with Crippen molar-refractivity contribution in [3.05, 3.63) is 66.2 Å². The van der Waals surface area contributed by atoms with Crippen molar-refractivity contribution in [3.8, 4) is 11.3 Å². The van der Waals surface area contributed by atoms with Crippen LogP contribution in [0.25, 0.3) is 22.2 Å². The summed E-state index contributed by atoms with van der Waals surface area (Å²) < 4.78 is 6.05. The van der Waals surface area contributed by atoms with E-state index in [-0.39, 0.29) is 11.4 Å². The number of rotatable bonds is 4. The summed E-state index contributed by atoms with van der Waals surface area (Å²) in [6.07, 6.45) is 7.96. The number of nitrogens with zero attached hydrogens (tertiary/aromatic N) is 1. The zero-order valence-electron chi connectivity index (χ0n) is 17.2. The highest BCUT2D eigenvalue weighted by Crippen LogP contribution is 2.60. The van der Waals surface area contributed by atoms with Gasteiger partial charge in [-0.05, 0) is 68.4 Å². The van der Waals surface area contributed by atoms with E-state index >= 15 is 0 Å². The second-order valence-electron chi connectivity index (χ2n) is 9.93. The number of ether oxygens (including phenoxy) is 1. The van der Waals surface area contributed by atoms with Gasteiger partial charge in [0.2, 0.25) is 0 Å². The lowest BCUT2D eigenvalue weighted by atomic mass is 9.50. The maximum absolute atomic E-state index is 13.3. The number of fused-ring (bicyclic) bond motifs is 1. The Hall–Kier alpha value is -2.68. The molecule has 3 aromatic rings. The molecule has 0 saturated heterocycles. The Balaban J connectivity index is 1.30. The van der Waals surface area contributed by atoms with E-state index in [2.05, 4.69) is 0 Å². The van der Waals surface area contributed by atoms with E-state index in [1.54, 1.807) is 0 Å². The third-order valence-corrected chi connectivity index (χ3v) is 7.68. The summed E-state index contributed by atoms with van der Waals surface area (Å²) in [5, 5.41) is 0.868. The van der Waals surface area contributed by atoms with E-state index in [4.69, 9.17) is 9.72 Å². The molecule has 152 valence electrons. The summed E-state index contributed by atoms with van der Waals surface area (Å²) in [6, 6.07) is 19.8. The third kappa shape index (κ3) is 3.12. The average molecular weight is 398 g/mol. The van der Waals surface area contributed by atoms with Crippen LogP contribution in [0, 0.1) is 23.2 Å². The Bertz CT molecular complexity index is 1070. The Labute approximate surface area is 177 Å². The van der Waals surface area contributed by atoms with E-state index in [0.717, 1.165) is 39.9 Å². The Morgan fingerprint density at radius 3 is 2.23 bits per heavy atom. The molecule has 0 N–H and O–H groups in total. The van der Waals surface area contributed by atoms with Gasteiger partial charge in [0.15, 0.2) is 0 Å². The molecule has 4 aliphatic rings. The van der Waals surface area contributed by atoms with Gasteiger partial charge in [-0.1, -0.05) is 48.5 Å². The summed E-state index contributed by atoms with van der Waals surface area (Å²) in [5.41, 5.74) is 3.52. The number of carbonyl (C=O) groups excluding carboxylic acids is 1. The first-order valence-electron chi connectivity index (χ1n) is 11.3. The first kappa shape index (κ1) is 18.1. The van der Waals surface area contributed by atoms with Crippen LogP contribution in [0.3, 0.4) is 0 Å². The van der Waals surface area contributed by atoms with Crippen LogP contribution in [0.1, 0.15) is 48.9 Å². The second kappa shape index (κ2) is 6.94. The summed E-state index contributed by atoms with van der Waals surface area (Å²) >= 11 is 0. The minimum Gasteiger partial charge on any atom is -0.461 e. The predicted octanol–water partition coefficient (Wildman–Crippen LogP) is 6.28. The van der Waals surface area contributed by atoms with E-state index in [1.165, 1.54) is 38.5 Å². The van der Waals surface area contributed by atoms with Crippen molar-refractivity contribution >= 4 is 16.9 Å². The van der Waals surface area contributed by atoms with Crippen LogP contribution in [0.15, 0.2) is 60.7 Å². The molecule has 2 aromatic carbocycles. The number of aromatic nitrogens is 1. The van der Waals surface area contributed by atoms with Crippen molar-refractivity contribution < 1.29 is 9.53 Å². The van der Waals surface area contributed by atoms with Crippen LogP contribution in [0.4, 0.5) is 0 Å². The first-order chi connectivity index (χ1) is 14.7. The van der Waals surface area contributed by atoms with Crippen LogP contribution in [0.5, 0.6) is 0 Å². The molecular weight excluding hydrogens is 370 g/mol. The van der Waals surface area contributed by atoms with Gasteiger partial charge >= 0.3 is 5.97 Å². The number of carbonyl (C=O) groups is 1. The molecule has 4 fully saturated rings. The predicted molar refractivity (Wildman–Crippen MR) is 118 cm³/mol. The van der Waals surface area contributed by atoms with E-state index < -0.39 is 0 Å². The molecule has 3 heteroatoms. The Morgan fingerprint density at radius 1 is 0.900 bits per heavy atom. The van der Waals surface area contributed by atoms with Crippen molar-refractivity contribution in [2.24, 2.45) is 23.2 Å². The highest BCUT2D eigenvalue weighted by molar-refractivity contribution is 6.04. The minimum absolute atomic E-state index is 0.207. The molecule has 4 saturated carbocycles. The van der Waals surface area contributed by atoms with Gasteiger partial charge in [-0.3, -0.25) is 0 Å². The van der Waals surface area contributed by atoms with Gasteiger partial charge in [0.05, 0.1) is 23.4 Å². The number of esters is 1. The fourth-order valence-corrected chi connectivity index (χ4v) is 6.86. The first-order valence-corrected chi connectivity index (χ1v) is 11.3. The molecule has 4 bridgehead atoms. The molecule has 0 radical (unpaired) electrons. The Kier molecular flexibility index (Phi) is 4.19. The number of para-hydroxylation sites is 1. The maximum Gasteiger partial charge on any atom is 0.338 e. The quantitative estimate of drug-likeness (QED) is 0.487. The molecule has 1 aromatic heterocycles. The van der Waals surface area contributed by atoms with Gasteiger partial charge in [-0.2, -0.15) is 0 Å². The zero-order valence-corrected chi connectivity index (χ0v) is 17.2. The van der Waals surface area contributed by atoms with Crippen LogP contribution in [-0.2, 0) is 4.74 Å². The number of pyridine rings is 1. The van der Waals surface area contributed by atoms with Crippen LogP contribution >= 0.6 is 0 Å². The van der Waals surface area contributed by atoms with E-state index in [9.17, 15) is 4.79 Å². The van der Waals surface area contributed by atoms with Gasteiger partial charge in [0.25, 0.3) is 0 Å². The SMILES string of the molecule is O=C(OCC12CC3CC(CC(C3)C1)C2)c1cc(-c2ccccc2)nc2ccccc12. The molecule has 3 nitrogen and oxygen atoms in total. The zero-order chi connectivity index (χ0) is 20.1. The highest BCUT2D eigenvalue weighted by Gasteiger charge is 2.51. The lowest BCUT2D eigenvalue weighted by Crippen LogP contribution is -2.48. The fourth-order valence-electron chi connectivity index (χ4n) is 6.86. The lowest BCUT2D eigenvalue weighted by Gasteiger charge is -2.56. The molecule has 0 unspecified atom stereocenters. The molecule has 4 aliphatic carbocycles. The molecule has 30 heavy (non-hydrogen) atoms. The molecule has 1 heterocycles. The molecular formula is C27H27NO2. The lowest BCUT2D eigenvalue weighted by molar-refractivity contribution is -0.0847. The number of benzene rings is 2. The summed E-state index contributed by atoms with van der Waals surface area (Å²) in [7, 11) is 0. The molecule has 7 rings (SSSR count). The smallest absolute Gasteiger partial charge is 0.338 e. The molecule has 0 atom stereocenters. The minimum atomic E-state index is -0.207. The normalized spacial score (nSPS) is 29.3. The summed E-state index contributed by atoms with van der Waals surface area (Å²) in [5.74, 6) is 2.38. The van der Waals surface area contributed by atoms with Crippen molar-refractivity contribution in [2.45, 2.75) is 38.5 Å². The van der Waals surface area contributed by atoms with Crippen molar-refractivity contribution in [3.63, 3.8) is 0 Å². The second-order valence-corrected chi connectivity index (χ2v) is 9.93. The van der Waals surface area contributed by atoms with Gasteiger partial charge in [0.1, 0.15) is 0 Å². The van der Waals surface area contributed by atoms with Crippen LogP contribution in [0.2, 0.25) is 0 Å². The summed E-state index contributed by atoms with van der Waals surface area (Å²) in [6.45, 7) is 0.576. The highest BCUT2D eigenvalue weighted by atomic mass is 16.5. The van der Waals surface area contributed by atoms with Gasteiger partial charge in [-0.25, -0.2) is 9.78 Å². The third-order valence-electron chi connectivity index (χ3n) is 7.68. The van der Waals surface area contributed by atoms with Crippen LogP contribution in [-0.4, -0.2) is 17.6 Å². The molecule has 0 amide bonds. The van der Waals surface area contributed by atoms with E-state index in [0.29, 0.717) is 12.2 Å². The standard InChI is InChI=1S/C27H27NO2/c29-26(30-17-27-14-18-10-19(15-27)12-20(11-18)16-27)23-13-25(21-6-2-1-3-7-21)28-24-9-5-4-8-22(23)24/h1-9,13,18-20H,10-12,14-17H2. The molecule has 0 spiro atoms. The van der Waals surface area contributed by atoms with Crippen molar-refractivity contribution in [2.75, 3.05) is 6.61 Å². The fraction of sp³-hybridized carbons (Fsp3) is 0.407. The van der Waals surface area contributed by atoms with Gasteiger partial charge in [-0.15, -0.1) is 0 Å². The number of hydrogen-bond donors (Lipinski definition) is 0. The maximum atomic E-state index is 13.3. The van der Waals surface area contributed by atoms with Crippen LogP contribution < -0.4 is 0 Å². The van der Waals surface area contributed by atoms with Gasteiger partial charge in [0, 0.05) is 16.4 Å². The van der Waals surface area contributed by atoms with Gasteiger partial charge < -0.3 is 4.74 Å². The summed E-state index contributed by atoms with van der Waals surface area (Å²) in [4.78, 5) is 18.1. The topological polar surface area (TPSA) is 39.2 Å². The van der Waals surface area contributed by atoms with Crippen molar-refractivity contribution in [1.29, 1.82) is 0 Å². The number of hydrogen-bond acceptors (Lipinski definition) is 3. The Morgan fingerprint density at radius 2 is 1.53 bits per heavy atom. The van der Waals surface area contributed by atoms with E-state index in [1.807, 2.05) is 60.7 Å².